The van der Waals surface area contributed by atoms with Gasteiger partial charge in [-0.15, -0.1) is 0 Å². The summed E-state index contributed by atoms with van der Waals surface area (Å²) in [7, 11) is 1.63. The molecule has 0 aromatic heterocycles. The van der Waals surface area contributed by atoms with Gasteiger partial charge in [0.2, 0.25) is 0 Å². The number of methoxy groups -OCH3 is 1. The van der Waals surface area contributed by atoms with Gasteiger partial charge in [0.1, 0.15) is 5.75 Å². The summed E-state index contributed by atoms with van der Waals surface area (Å²) in [5.41, 5.74) is 3.72. The van der Waals surface area contributed by atoms with Crippen molar-refractivity contribution in [2.24, 2.45) is 0 Å². The van der Waals surface area contributed by atoms with Gasteiger partial charge >= 0.3 is 0 Å². The van der Waals surface area contributed by atoms with Crippen LogP contribution in [-0.2, 0) is 4.79 Å². The molecule has 0 fully saturated rings. The van der Waals surface area contributed by atoms with Crippen molar-refractivity contribution in [1.29, 1.82) is 0 Å². The number of hydrogen-bond acceptors (Lipinski definition) is 4. The second-order valence-corrected chi connectivity index (χ2v) is 7.44. The zero-order valence-corrected chi connectivity index (χ0v) is 18.4. The number of nitro benzene ring substituents is 1. The lowest BCUT2D eigenvalue weighted by molar-refractivity contribution is -0.384. The van der Waals surface area contributed by atoms with E-state index in [0.717, 1.165) is 22.4 Å². The SMILES string of the molecule is CC[C@@H](NC(=O)/C(=C/c1cccc([N+](=O)[O-])c1)c1ccccc1)c1ccc(OC)c(C)c1. The molecule has 6 heteroatoms. The molecule has 3 rings (SSSR count). The quantitative estimate of drug-likeness (QED) is 0.214. The number of rotatable bonds is 8. The van der Waals surface area contributed by atoms with Crippen molar-refractivity contribution < 1.29 is 14.5 Å². The van der Waals surface area contributed by atoms with Crippen molar-refractivity contribution in [3.63, 3.8) is 0 Å². The van der Waals surface area contributed by atoms with Crippen molar-refractivity contribution in [3.05, 3.63) is 105 Å². The molecule has 0 spiro atoms. The molecule has 0 aliphatic carbocycles. The molecule has 0 aliphatic rings. The van der Waals surface area contributed by atoms with E-state index >= 15 is 0 Å². The Kier molecular flexibility index (Phi) is 7.39. The zero-order chi connectivity index (χ0) is 23.1. The number of nitro groups is 1. The molecule has 32 heavy (non-hydrogen) atoms. The molecule has 1 N–H and O–H groups in total. The summed E-state index contributed by atoms with van der Waals surface area (Å²) in [6.45, 7) is 3.98. The molecular weight excluding hydrogens is 404 g/mol. The minimum absolute atomic E-state index is 0.0216. The van der Waals surface area contributed by atoms with E-state index in [1.165, 1.54) is 12.1 Å². The first-order valence-electron chi connectivity index (χ1n) is 10.4. The van der Waals surface area contributed by atoms with Gasteiger partial charge in [0.05, 0.1) is 18.1 Å². The number of carbonyl (C=O) groups excluding carboxylic acids is 1. The van der Waals surface area contributed by atoms with Crippen LogP contribution in [0.15, 0.2) is 72.8 Å². The van der Waals surface area contributed by atoms with E-state index in [-0.39, 0.29) is 17.6 Å². The van der Waals surface area contributed by atoms with Crippen LogP contribution in [0.25, 0.3) is 11.6 Å². The van der Waals surface area contributed by atoms with Crippen molar-refractivity contribution in [3.8, 4) is 5.75 Å². The molecule has 1 amide bonds. The lowest BCUT2D eigenvalue weighted by Gasteiger charge is -2.20. The number of nitrogens with zero attached hydrogens (tertiary/aromatic N) is 1. The van der Waals surface area contributed by atoms with Gasteiger partial charge in [-0.2, -0.15) is 0 Å². The summed E-state index contributed by atoms with van der Waals surface area (Å²) >= 11 is 0. The van der Waals surface area contributed by atoms with E-state index in [2.05, 4.69) is 5.32 Å². The van der Waals surface area contributed by atoms with Gasteiger partial charge in [0.15, 0.2) is 0 Å². The maximum atomic E-state index is 13.4. The highest BCUT2D eigenvalue weighted by molar-refractivity contribution is 6.24. The fraction of sp³-hybridized carbons (Fsp3) is 0.192. The van der Waals surface area contributed by atoms with E-state index in [0.29, 0.717) is 17.6 Å². The predicted octanol–water partition coefficient (Wildman–Crippen LogP) is 5.72. The molecule has 6 nitrogen and oxygen atoms in total. The van der Waals surface area contributed by atoms with Crippen LogP contribution in [0.2, 0.25) is 0 Å². The van der Waals surface area contributed by atoms with Crippen molar-refractivity contribution in [2.45, 2.75) is 26.3 Å². The largest absolute Gasteiger partial charge is 0.496 e. The fourth-order valence-electron chi connectivity index (χ4n) is 3.57. The molecule has 3 aromatic rings. The van der Waals surface area contributed by atoms with Gasteiger partial charge in [-0.3, -0.25) is 14.9 Å². The molecule has 0 saturated carbocycles. The van der Waals surface area contributed by atoms with Crippen LogP contribution < -0.4 is 10.1 Å². The number of benzene rings is 3. The van der Waals surface area contributed by atoms with E-state index in [1.54, 1.807) is 25.3 Å². The third-order valence-electron chi connectivity index (χ3n) is 5.26. The van der Waals surface area contributed by atoms with E-state index in [9.17, 15) is 14.9 Å². The number of carbonyl (C=O) groups is 1. The molecule has 0 heterocycles. The normalized spacial score (nSPS) is 12.2. The van der Waals surface area contributed by atoms with Gasteiger partial charge < -0.3 is 10.1 Å². The van der Waals surface area contributed by atoms with Gasteiger partial charge in [-0.25, -0.2) is 0 Å². The topological polar surface area (TPSA) is 81.5 Å². The highest BCUT2D eigenvalue weighted by Gasteiger charge is 2.19. The van der Waals surface area contributed by atoms with Gasteiger partial charge in [0, 0.05) is 17.7 Å². The average Bonchev–Trinajstić information content (AvgIpc) is 2.81. The van der Waals surface area contributed by atoms with Gasteiger partial charge in [-0.05, 0) is 47.7 Å². The molecule has 164 valence electrons. The van der Waals surface area contributed by atoms with Crippen LogP contribution in [0, 0.1) is 17.0 Å². The monoisotopic (exact) mass is 430 g/mol. The van der Waals surface area contributed by atoms with Crippen LogP contribution in [0.1, 0.15) is 41.6 Å². The maximum Gasteiger partial charge on any atom is 0.270 e. The first kappa shape index (κ1) is 22.7. The van der Waals surface area contributed by atoms with E-state index < -0.39 is 4.92 Å². The summed E-state index contributed by atoms with van der Waals surface area (Å²) < 4.78 is 5.34. The molecule has 0 aliphatic heterocycles. The average molecular weight is 431 g/mol. The first-order chi connectivity index (χ1) is 15.4. The number of nitrogens with one attached hydrogen (secondary N) is 1. The van der Waals surface area contributed by atoms with Crippen molar-refractivity contribution in [2.75, 3.05) is 7.11 Å². The highest BCUT2D eigenvalue weighted by atomic mass is 16.6. The Bertz CT molecular complexity index is 1140. The number of amides is 1. The van der Waals surface area contributed by atoms with Gasteiger partial charge in [0.25, 0.3) is 11.6 Å². The van der Waals surface area contributed by atoms with Crippen LogP contribution in [0.3, 0.4) is 0 Å². The molecule has 0 unspecified atom stereocenters. The molecule has 3 aromatic carbocycles. The Morgan fingerprint density at radius 3 is 2.47 bits per heavy atom. The van der Waals surface area contributed by atoms with Crippen LogP contribution in [-0.4, -0.2) is 17.9 Å². The summed E-state index contributed by atoms with van der Waals surface area (Å²) in [4.78, 5) is 24.1. The number of hydrogen-bond donors (Lipinski definition) is 1. The maximum absolute atomic E-state index is 13.4. The summed E-state index contributed by atoms with van der Waals surface area (Å²) in [5.74, 6) is 0.550. The van der Waals surface area contributed by atoms with Crippen LogP contribution in [0.5, 0.6) is 5.75 Å². The van der Waals surface area contributed by atoms with E-state index in [4.69, 9.17) is 4.74 Å². The molecular formula is C26H26N2O4. The summed E-state index contributed by atoms with van der Waals surface area (Å²) in [5, 5.41) is 14.3. The minimum atomic E-state index is -0.446. The Balaban J connectivity index is 1.96. The Labute approximate surface area is 187 Å². The lowest BCUT2D eigenvalue weighted by atomic mass is 9.98. The smallest absolute Gasteiger partial charge is 0.270 e. The Morgan fingerprint density at radius 1 is 1.09 bits per heavy atom. The van der Waals surface area contributed by atoms with Gasteiger partial charge in [-0.1, -0.05) is 61.5 Å². The van der Waals surface area contributed by atoms with Crippen molar-refractivity contribution >= 4 is 23.2 Å². The van der Waals surface area contributed by atoms with E-state index in [1.807, 2.05) is 62.4 Å². The highest BCUT2D eigenvalue weighted by Crippen LogP contribution is 2.26. The zero-order valence-electron chi connectivity index (χ0n) is 18.4. The standard InChI is InChI=1S/C26H26N2O4/c1-4-24(21-13-14-25(32-3)18(2)15-21)27-26(29)23(20-10-6-5-7-11-20)17-19-9-8-12-22(16-19)28(30)31/h5-17,24H,4H2,1-3H3,(H,27,29)/b23-17+/t24-/m1/s1. The third-order valence-corrected chi connectivity index (χ3v) is 5.26. The van der Waals surface area contributed by atoms with Crippen LogP contribution >= 0.6 is 0 Å². The molecule has 0 radical (unpaired) electrons. The molecule has 1 atom stereocenters. The van der Waals surface area contributed by atoms with Crippen molar-refractivity contribution in [1.82, 2.24) is 5.32 Å². The predicted molar refractivity (Wildman–Crippen MR) is 126 cm³/mol. The first-order valence-corrected chi connectivity index (χ1v) is 10.4. The second kappa shape index (κ2) is 10.4. The van der Waals surface area contributed by atoms with Crippen LogP contribution in [0.4, 0.5) is 5.69 Å². The Morgan fingerprint density at radius 2 is 1.84 bits per heavy atom. The summed E-state index contributed by atoms with van der Waals surface area (Å²) in [6, 6.07) is 21.2. The minimum Gasteiger partial charge on any atom is -0.496 e. The number of aryl methyl sites for hydroxylation is 1. The Hall–Kier alpha value is -3.93. The molecule has 0 saturated heterocycles. The number of non-ortho nitro benzene ring substituents is 1. The second-order valence-electron chi connectivity index (χ2n) is 7.44. The summed E-state index contributed by atoms with van der Waals surface area (Å²) in [6.07, 6.45) is 2.39. The molecule has 0 bridgehead atoms. The number of ether oxygens (including phenoxy) is 1. The third kappa shape index (κ3) is 5.40. The lowest BCUT2D eigenvalue weighted by Crippen LogP contribution is -2.29. The fourth-order valence-corrected chi connectivity index (χ4v) is 3.57.